The van der Waals surface area contributed by atoms with E-state index in [0.717, 1.165) is 27.6 Å². The van der Waals surface area contributed by atoms with Crippen LogP contribution in [0.25, 0.3) is 11.7 Å². The average Bonchev–Trinajstić information content (AvgIpc) is 2.84. The van der Waals surface area contributed by atoms with Gasteiger partial charge in [-0.15, -0.1) is 0 Å². The number of imide groups is 1. The number of rotatable bonds is 1. The zero-order valence-electron chi connectivity index (χ0n) is 8.88. The lowest BCUT2D eigenvalue weighted by atomic mass is 10.2. The lowest BCUT2D eigenvalue weighted by Gasteiger charge is -1.98. The Kier molecular flexibility index (Phi) is 2.71. The maximum absolute atomic E-state index is 11.4. The van der Waals surface area contributed by atoms with Crippen molar-refractivity contribution < 1.29 is 9.59 Å². The lowest BCUT2D eigenvalue weighted by Crippen LogP contribution is -2.17. The molecule has 1 fully saturated rings. The number of aromatic nitrogens is 2. The minimum absolute atomic E-state index is 0.337. The second kappa shape index (κ2) is 4.25. The van der Waals surface area contributed by atoms with E-state index in [-0.39, 0.29) is 11.1 Å². The Morgan fingerprint density at radius 3 is 2.94 bits per heavy atom. The van der Waals surface area contributed by atoms with Crippen LogP contribution >= 0.6 is 27.7 Å². The van der Waals surface area contributed by atoms with Gasteiger partial charge < -0.3 is 0 Å². The third-order valence-corrected chi connectivity index (χ3v) is 3.82. The van der Waals surface area contributed by atoms with Crippen molar-refractivity contribution in [2.24, 2.45) is 0 Å². The van der Waals surface area contributed by atoms with Crippen molar-refractivity contribution in [3.05, 3.63) is 39.6 Å². The van der Waals surface area contributed by atoms with Gasteiger partial charge in [-0.05, 0) is 51.5 Å². The summed E-state index contributed by atoms with van der Waals surface area (Å²) in [4.78, 5) is 27.0. The first-order chi connectivity index (χ1) is 8.63. The summed E-state index contributed by atoms with van der Waals surface area (Å²) < 4.78 is 2.68. The fraction of sp³-hybridized carbons (Fsp3) is 0. The van der Waals surface area contributed by atoms with Crippen molar-refractivity contribution in [3.63, 3.8) is 0 Å². The summed E-state index contributed by atoms with van der Waals surface area (Å²) in [5.41, 5.74) is 1.64. The molecule has 0 saturated carbocycles. The van der Waals surface area contributed by atoms with Gasteiger partial charge in [-0.2, -0.15) is 0 Å². The first-order valence-electron chi connectivity index (χ1n) is 5.01. The molecule has 0 spiro atoms. The summed E-state index contributed by atoms with van der Waals surface area (Å²) in [5, 5.41) is 1.88. The molecule has 1 aliphatic rings. The SMILES string of the molecule is O=C1NC(=O)/C(=C/c2ccc3ncc(Br)n3c2)S1. The van der Waals surface area contributed by atoms with Gasteiger partial charge >= 0.3 is 0 Å². The number of halogens is 1. The van der Waals surface area contributed by atoms with E-state index < -0.39 is 0 Å². The summed E-state index contributed by atoms with van der Waals surface area (Å²) in [6.45, 7) is 0. The quantitative estimate of drug-likeness (QED) is 0.819. The molecule has 0 aromatic carbocycles. The second-order valence-electron chi connectivity index (χ2n) is 3.62. The molecule has 0 atom stereocenters. The average molecular weight is 324 g/mol. The third kappa shape index (κ3) is 1.95. The molecule has 0 unspecified atom stereocenters. The molecule has 3 rings (SSSR count). The first kappa shape index (κ1) is 11.5. The highest BCUT2D eigenvalue weighted by Gasteiger charge is 2.24. The molecule has 1 aliphatic heterocycles. The van der Waals surface area contributed by atoms with Crippen molar-refractivity contribution in [2.45, 2.75) is 0 Å². The van der Waals surface area contributed by atoms with E-state index >= 15 is 0 Å². The van der Waals surface area contributed by atoms with Crippen LogP contribution in [0.15, 0.2) is 34.0 Å². The standard InChI is InChI=1S/C11H6BrN3O2S/c12-8-4-13-9-2-1-6(5-15(8)9)3-7-10(16)14-11(17)18-7/h1-5H,(H,14,16,17)/b7-3-. The number of pyridine rings is 1. The number of imidazole rings is 1. The van der Waals surface area contributed by atoms with Crippen LogP contribution in [0, 0.1) is 0 Å². The highest BCUT2D eigenvalue weighted by atomic mass is 79.9. The molecule has 5 nitrogen and oxygen atoms in total. The van der Waals surface area contributed by atoms with E-state index in [4.69, 9.17) is 0 Å². The van der Waals surface area contributed by atoms with Crippen molar-refractivity contribution in [1.29, 1.82) is 0 Å². The van der Waals surface area contributed by atoms with Crippen LogP contribution in [0.5, 0.6) is 0 Å². The molecule has 3 heterocycles. The number of nitrogens with zero attached hydrogens (tertiary/aromatic N) is 2. The summed E-state index contributed by atoms with van der Waals surface area (Å²) in [6.07, 6.45) is 5.22. The van der Waals surface area contributed by atoms with E-state index in [1.165, 1.54) is 0 Å². The molecule has 0 aliphatic carbocycles. The van der Waals surface area contributed by atoms with Crippen molar-refractivity contribution in [2.75, 3.05) is 0 Å². The number of fused-ring (bicyclic) bond motifs is 1. The van der Waals surface area contributed by atoms with Gasteiger partial charge in [0, 0.05) is 6.20 Å². The van der Waals surface area contributed by atoms with E-state index in [1.807, 2.05) is 22.7 Å². The highest BCUT2D eigenvalue weighted by Crippen LogP contribution is 2.25. The number of hydrogen-bond acceptors (Lipinski definition) is 4. The normalized spacial score (nSPS) is 17.7. The maximum atomic E-state index is 11.4. The monoisotopic (exact) mass is 323 g/mol. The van der Waals surface area contributed by atoms with Crippen molar-refractivity contribution >= 4 is 50.6 Å². The number of amides is 2. The van der Waals surface area contributed by atoms with Crippen LogP contribution < -0.4 is 5.32 Å². The Hall–Kier alpha value is -1.60. The van der Waals surface area contributed by atoms with Gasteiger partial charge in [0.15, 0.2) is 0 Å². The number of carbonyl (C=O) groups is 2. The minimum atomic E-state index is -0.352. The number of hydrogen-bond donors (Lipinski definition) is 1. The van der Waals surface area contributed by atoms with Gasteiger partial charge in [-0.1, -0.05) is 0 Å². The Morgan fingerprint density at radius 1 is 1.39 bits per heavy atom. The van der Waals surface area contributed by atoms with Crippen LogP contribution in [0.3, 0.4) is 0 Å². The summed E-state index contributed by atoms with van der Waals surface area (Å²) in [6, 6.07) is 3.69. The van der Waals surface area contributed by atoms with Gasteiger partial charge in [0.1, 0.15) is 10.3 Å². The molecule has 0 radical (unpaired) electrons. The largest absolute Gasteiger partial charge is 0.294 e. The molecule has 2 aromatic heterocycles. The molecule has 7 heteroatoms. The van der Waals surface area contributed by atoms with Crippen LogP contribution in [-0.2, 0) is 4.79 Å². The Balaban J connectivity index is 2.04. The molecule has 0 bridgehead atoms. The summed E-state index contributed by atoms with van der Waals surface area (Å²) in [5.74, 6) is -0.352. The summed E-state index contributed by atoms with van der Waals surface area (Å²) in [7, 11) is 0. The molecule has 1 saturated heterocycles. The van der Waals surface area contributed by atoms with Crippen molar-refractivity contribution in [1.82, 2.24) is 14.7 Å². The van der Waals surface area contributed by atoms with E-state index in [2.05, 4.69) is 26.2 Å². The van der Waals surface area contributed by atoms with Crippen LogP contribution in [0.2, 0.25) is 0 Å². The van der Waals surface area contributed by atoms with E-state index in [9.17, 15) is 9.59 Å². The maximum Gasteiger partial charge on any atom is 0.290 e. The number of nitrogens with one attached hydrogen (secondary N) is 1. The van der Waals surface area contributed by atoms with Gasteiger partial charge in [0.05, 0.1) is 11.1 Å². The zero-order valence-corrected chi connectivity index (χ0v) is 11.3. The van der Waals surface area contributed by atoms with Crippen molar-refractivity contribution in [3.8, 4) is 0 Å². The highest BCUT2D eigenvalue weighted by molar-refractivity contribution is 9.10. The van der Waals surface area contributed by atoms with E-state index in [1.54, 1.807) is 12.3 Å². The van der Waals surface area contributed by atoms with Crippen LogP contribution in [-0.4, -0.2) is 20.5 Å². The van der Waals surface area contributed by atoms with Gasteiger partial charge in [0.2, 0.25) is 0 Å². The van der Waals surface area contributed by atoms with Gasteiger partial charge in [-0.3, -0.25) is 19.3 Å². The smallest absolute Gasteiger partial charge is 0.290 e. The molecule has 2 amide bonds. The van der Waals surface area contributed by atoms with E-state index in [0.29, 0.717) is 4.91 Å². The molecule has 1 N–H and O–H groups in total. The fourth-order valence-corrected chi connectivity index (χ4v) is 2.69. The Bertz CT molecular complexity index is 707. The lowest BCUT2D eigenvalue weighted by molar-refractivity contribution is -0.115. The zero-order chi connectivity index (χ0) is 12.7. The fourth-order valence-electron chi connectivity index (χ4n) is 1.63. The van der Waals surface area contributed by atoms with Crippen LogP contribution in [0.1, 0.15) is 5.56 Å². The molecule has 2 aromatic rings. The number of carbonyl (C=O) groups excluding carboxylic acids is 2. The first-order valence-corrected chi connectivity index (χ1v) is 6.62. The molecule has 18 heavy (non-hydrogen) atoms. The summed E-state index contributed by atoms with van der Waals surface area (Å²) >= 11 is 4.28. The molecule has 90 valence electrons. The predicted octanol–water partition coefficient (Wildman–Crippen LogP) is 2.42. The minimum Gasteiger partial charge on any atom is -0.294 e. The third-order valence-electron chi connectivity index (χ3n) is 2.42. The van der Waals surface area contributed by atoms with Gasteiger partial charge in [-0.25, -0.2) is 4.98 Å². The Labute approximate surface area is 114 Å². The molecular formula is C11H6BrN3O2S. The Morgan fingerprint density at radius 2 is 2.22 bits per heavy atom. The predicted molar refractivity (Wildman–Crippen MR) is 72.0 cm³/mol. The van der Waals surface area contributed by atoms with Crippen LogP contribution in [0.4, 0.5) is 4.79 Å². The topological polar surface area (TPSA) is 63.5 Å². The number of thioether (sulfide) groups is 1. The molecular weight excluding hydrogens is 318 g/mol. The second-order valence-corrected chi connectivity index (χ2v) is 5.45. The van der Waals surface area contributed by atoms with Gasteiger partial charge in [0.25, 0.3) is 11.1 Å².